The minimum atomic E-state index is -0.0000245. The van der Waals surface area contributed by atoms with Gasteiger partial charge >= 0.3 is 0 Å². The van der Waals surface area contributed by atoms with Crippen LogP contribution in [0.3, 0.4) is 0 Å². The second-order valence-corrected chi connectivity index (χ2v) is 6.46. The number of aliphatic hydroxyl groups excluding tert-OH is 1. The molecule has 2 aromatic rings. The molecule has 0 fully saturated rings. The van der Waals surface area contributed by atoms with E-state index < -0.39 is 0 Å². The maximum absolute atomic E-state index is 9.39. The van der Waals surface area contributed by atoms with Crippen molar-refractivity contribution in [1.29, 1.82) is 0 Å². The summed E-state index contributed by atoms with van der Waals surface area (Å²) < 4.78 is 5.91. The second-order valence-electron chi connectivity index (χ2n) is 6.46. The largest absolute Gasteiger partial charge is 0.488 e. The summed E-state index contributed by atoms with van der Waals surface area (Å²) in [7, 11) is 0. The Morgan fingerprint density at radius 3 is 2.24 bits per heavy atom. The smallest absolute Gasteiger partial charge is 0.128 e. The van der Waals surface area contributed by atoms with E-state index in [2.05, 4.69) is 45.0 Å². The predicted octanol–water partition coefficient (Wildman–Crippen LogP) is 4.36. The number of ether oxygens (including phenoxy) is 1. The van der Waals surface area contributed by atoms with Crippen LogP contribution in [0.4, 0.5) is 0 Å². The van der Waals surface area contributed by atoms with Crippen molar-refractivity contribution in [2.75, 3.05) is 0 Å². The molecule has 2 nitrogen and oxygen atoms in total. The molecule has 112 valence electrons. The Morgan fingerprint density at radius 1 is 1.00 bits per heavy atom. The third-order valence-corrected chi connectivity index (χ3v) is 3.67. The van der Waals surface area contributed by atoms with Gasteiger partial charge in [-0.3, -0.25) is 0 Å². The van der Waals surface area contributed by atoms with Crippen molar-refractivity contribution >= 4 is 0 Å². The van der Waals surface area contributed by atoms with E-state index in [1.165, 1.54) is 5.56 Å². The summed E-state index contributed by atoms with van der Waals surface area (Å²) in [5.41, 5.74) is 4.50. The Kier molecular flexibility index (Phi) is 4.69. The second kappa shape index (κ2) is 6.31. The maximum atomic E-state index is 9.39. The van der Waals surface area contributed by atoms with Crippen LogP contribution in [0.2, 0.25) is 0 Å². The molecule has 0 aliphatic heterocycles. The molecule has 21 heavy (non-hydrogen) atoms. The molecular formula is C19H24O2. The average Bonchev–Trinajstić information content (AvgIpc) is 2.45. The Labute approximate surface area is 127 Å². The molecule has 0 aliphatic carbocycles. The quantitative estimate of drug-likeness (QED) is 0.903. The number of rotatable bonds is 4. The van der Waals surface area contributed by atoms with Gasteiger partial charge in [0.25, 0.3) is 0 Å². The van der Waals surface area contributed by atoms with Gasteiger partial charge in [-0.1, -0.05) is 63.2 Å². The normalized spacial score (nSPS) is 11.5. The highest BCUT2D eigenvalue weighted by Gasteiger charge is 2.13. The summed E-state index contributed by atoms with van der Waals surface area (Å²) in [6.45, 7) is 9.14. The van der Waals surface area contributed by atoms with Crippen molar-refractivity contribution in [2.24, 2.45) is 0 Å². The van der Waals surface area contributed by atoms with Gasteiger partial charge in [-0.2, -0.15) is 0 Å². The van der Waals surface area contributed by atoms with Crippen molar-refractivity contribution in [3.05, 3.63) is 64.7 Å². The number of aryl methyl sites for hydroxylation is 1. The lowest BCUT2D eigenvalue weighted by molar-refractivity contribution is 0.258. The molecular weight excluding hydrogens is 260 g/mol. The van der Waals surface area contributed by atoms with Crippen LogP contribution in [-0.4, -0.2) is 5.11 Å². The Morgan fingerprint density at radius 2 is 1.67 bits per heavy atom. The molecule has 0 bridgehead atoms. The van der Waals surface area contributed by atoms with E-state index >= 15 is 0 Å². The van der Waals surface area contributed by atoms with Crippen LogP contribution < -0.4 is 4.74 Å². The van der Waals surface area contributed by atoms with Crippen LogP contribution in [0.15, 0.2) is 42.5 Å². The summed E-state index contributed by atoms with van der Waals surface area (Å²) >= 11 is 0. The highest BCUT2D eigenvalue weighted by molar-refractivity contribution is 5.40. The van der Waals surface area contributed by atoms with Crippen LogP contribution in [0, 0.1) is 6.92 Å². The van der Waals surface area contributed by atoms with E-state index in [9.17, 15) is 5.11 Å². The number of hydrogen-bond acceptors (Lipinski definition) is 2. The number of hydrogen-bond donors (Lipinski definition) is 1. The minimum absolute atomic E-state index is 0.0000245. The molecule has 0 unspecified atom stereocenters. The van der Waals surface area contributed by atoms with Gasteiger partial charge in [0.05, 0.1) is 6.61 Å². The monoisotopic (exact) mass is 284 g/mol. The molecule has 2 heteroatoms. The lowest BCUT2D eigenvalue weighted by atomic mass is 9.87. The molecule has 0 aliphatic rings. The Bertz CT molecular complexity index is 592. The summed E-state index contributed by atoms with van der Waals surface area (Å²) in [4.78, 5) is 0. The van der Waals surface area contributed by atoms with E-state index in [0.29, 0.717) is 6.61 Å². The summed E-state index contributed by atoms with van der Waals surface area (Å²) in [6.07, 6.45) is 0. The summed E-state index contributed by atoms with van der Waals surface area (Å²) in [5, 5.41) is 9.39. The van der Waals surface area contributed by atoms with Gasteiger partial charge in [0.2, 0.25) is 0 Å². The lowest BCUT2D eigenvalue weighted by Gasteiger charge is -2.19. The first-order chi connectivity index (χ1) is 9.91. The third-order valence-electron chi connectivity index (χ3n) is 3.67. The topological polar surface area (TPSA) is 29.5 Å². The minimum Gasteiger partial charge on any atom is -0.488 e. The zero-order valence-electron chi connectivity index (χ0n) is 13.3. The Hall–Kier alpha value is -1.80. The highest BCUT2D eigenvalue weighted by atomic mass is 16.5. The lowest BCUT2D eigenvalue weighted by Crippen LogP contribution is -2.11. The van der Waals surface area contributed by atoms with Gasteiger partial charge in [0, 0.05) is 5.56 Å². The van der Waals surface area contributed by atoms with Gasteiger partial charge in [0.1, 0.15) is 12.4 Å². The molecule has 1 N–H and O–H groups in total. The van der Waals surface area contributed by atoms with Gasteiger partial charge in [-0.15, -0.1) is 0 Å². The van der Waals surface area contributed by atoms with E-state index in [0.717, 1.165) is 22.4 Å². The fourth-order valence-corrected chi connectivity index (χ4v) is 2.30. The van der Waals surface area contributed by atoms with E-state index in [1.54, 1.807) is 0 Å². The van der Waals surface area contributed by atoms with Crippen LogP contribution in [-0.2, 0) is 18.6 Å². The van der Waals surface area contributed by atoms with E-state index in [1.807, 2.05) is 25.1 Å². The molecule has 0 heterocycles. The summed E-state index contributed by atoms with van der Waals surface area (Å²) in [5.74, 6) is 0.792. The predicted molar refractivity (Wildman–Crippen MR) is 86.6 cm³/mol. The standard InChI is InChI=1S/C19H24O2/c1-14-6-5-7-16(12-20)18(14)21-13-15-8-10-17(11-9-15)19(2,3)4/h5-11,20H,12-13H2,1-4H3. The molecule has 0 saturated carbocycles. The first kappa shape index (κ1) is 15.6. The zero-order valence-corrected chi connectivity index (χ0v) is 13.3. The number of benzene rings is 2. The van der Waals surface area contributed by atoms with Crippen molar-refractivity contribution in [3.8, 4) is 5.75 Å². The van der Waals surface area contributed by atoms with Gasteiger partial charge in [0.15, 0.2) is 0 Å². The molecule has 0 spiro atoms. The van der Waals surface area contributed by atoms with E-state index in [4.69, 9.17) is 4.74 Å². The van der Waals surface area contributed by atoms with Crippen molar-refractivity contribution < 1.29 is 9.84 Å². The molecule has 0 atom stereocenters. The molecule has 0 saturated heterocycles. The van der Waals surface area contributed by atoms with Gasteiger partial charge in [-0.05, 0) is 29.0 Å². The first-order valence-corrected chi connectivity index (χ1v) is 7.33. The fraction of sp³-hybridized carbons (Fsp3) is 0.368. The molecule has 0 amide bonds. The number of aliphatic hydroxyl groups is 1. The van der Waals surface area contributed by atoms with Gasteiger partial charge in [-0.25, -0.2) is 0 Å². The first-order valence-electron chi connectivity index (χ1n) is 7.33. The molecule has 2 rings (SSSR count). The SMILES string of the molecule is Cc1cccc(CO)c1OCc1ccc(C(C)(C)C)cc1. The van der Waals surface area contributed by atoms with Gasteiger partial charge < -0.3 is 9.84 Å². The van der Waals surface area contributed by atoms with E-state index in [-0.39, 0.29) is 12.0 Å². The van der Waals surface area contributed by atoms with Crippen LogP contribution in [0.5, 0.6) is 5.75 Å². The fourth-order valence-electron chi connectivity index (χ4n) is 2.30. The van der Waals surface area contributed by atoms with Crippen molar-refractivity contribution in [2.45, 2.75) is 46.3 Å². The Balaban J connectivity index is 2.10. The maximum Gasteiger partial charge on any atom is 0.128 e. The molecule has 0 aromatic heterocycles. The van der Waals surface area contributed by atoms with Crippen LogP contribution >= 0.6 is 0 Å². The third kappa shape index (κ3) is 3.85. The van der Waals surface area contributed by atoms with Crippen molar-refractivity contribution in [3.63, 3.8) is 0 Å². The zero-order chi connectivity index (χ0) is 15.5. The summed E-state index contributed by atoms with van der Waals surface area (Å²) in [6, 6.07) is 14.4. The average molecular weight is 284 g/mol. The molecule has 0 radical (unpaired) electrons. The van der Waals surface area contributed by atoms with Crippen LogP contribution in [0.1, 0.15) is 43.0 Å². The van der Waals surface area contributed by atoms with Crippen LogP contribution in [0.25, 0.3) is 0 Å². The van der Waals surface area contributed by atoms with Crippen molar-refractivity contribution in [1.82, 2.24) is 0 Å². The molecule has 2 aromatic carbocycles. The number of para-hydroxylation sites is 1. The highest BCUT2D eigenvalue weighted by Crippen LogP contribution is 2.25.